The summed E-state index contributed by atoms with van der Waals surface area (Å²) < 4.78 is 0. The highest BCUT2D eigenvalue weighted by molar-refractivity contribution is 5.86. The van der Waals surface area contributed by atoms with E-state index in [9.17, 15) is 14.7 Å². The van der Waals surface area contributed by atoms with E-state index in [0.29, 0.717) is 19.5 Å². The van der Waals surface area contributed by atoms with E-state index < -0.39 is 11.9 Å². The number of carbonyl (C=O) groups is 2. The highest BCUT2D eigenvalue weighted by atomic mass is 16.4. The second kappa shape index (κ2) is 4.73. The highest BCUT2D eigenvalue weighted by Gasteiger charge is 2.44. The lowest BCUT2D eigenvalue weighted by Gasteiger charge is -2.40. The number of hydrogen-bond donors (Lipinski definition) is 1. The average molecular weight is 235 g/mol. The van der Waals surface area contributed by atoms with Gasteiger partial charge in [0.2, 0.25) is 5.91 Å². The lowest BCUT2D eigenvalue weighted by Crippen LogP contribution is -2.50. The summed E-state index contributed by atoms with van der Waals surface area (Å²) in [6.45, 7) is 4.83. The van der Waals surface area contributed by atoms with Gasteiger partial charge in [0, 0.05) is 13.1 Å². The normalized spacial score (nSPS) is 32.1. The molecular weight excluding hydrogens is 218 g/mol. The largest absolute Gasteiger partial charge is 0.481 e. The van der Waals surface area contributed by atoms with Crippen LogP contribution in [0.4, 0.5) is 0 Å². The summed E-state index contributed by atoms with van der Waals surface area (Å²) in [6.07, 6.45) is 6.91. The van der Waals surface area contributed by atoms with Crippen molar-refractivity contribution in [3.8, 4) is 0 Å². The van der Waals surface area contributed by atoms with E-state index in [1.807, 2.05) is 12.2 Å². The molecule has 0 unspecified atom stereocenters. The summed E-state index contributed by atoms with van der Waals surface area (Å²) in [5, 5.41) is 9.19. The topological polar surface area (TPSA) is 57.6 Å². The van der Waals surface area contributed by atoms with Crippen molar-refractivity contribution in [1.82, 2.24) is 4.90 Å². The van der Waals surface area contributed by atoms with Crippen LogP contribution >= 0.6 is 0 Å². The second-order valence-electron chi connectivity index (χ2n) is 4.66. The molecule has 3 atom stereocenters. The molecule has 1 aliphatic carbocycles. The Morgan fingerprint density at radius 1 is 1.65 bits per heavy atom. The standard InChI is InChI=1S/C13H17NO3/c1-2-7-14-8-6-9-4-3-5-10(13(16)17)11(9)12(14)15/h2-4,9-11H,1,5-8H2,(H,16,17)/t9-,10-,11+/m0/s1. The summed E-state index contributed by atoms with van der Waals surface area (Å²) in [5.74, 6) is -1.74. The lowest BCUT2D eigenvalue weighted by atomic mass is 9.72. The van der Waals surface area contributed by atoms with Crippen LogP contribution in [0.15, 0.2) is 24.8 Å². The first-order valence-corrected chi connectivity index (χ1v) is 5.94. The van der Waals surface area contributed by atoms with Gasteiger partial charge in [-0.05, 0) is 18.8 Å². The van der Waals surface area contributed by atoms with Crippen LogP contribution < -0.4 is 0 Å². The third kappa shape index (κ3) is 2.12. The van der Waals surface area contributed by atoms with Crippen LogP contribution in [-0.2, 0) is 9.59 Å². The van der Waals surface area contributed by atoms with Crippen molar-refractivity contribution in [2.75, 3.05) is 13.1 Å². The number of aliphatic carboxylic acids is 1. The van der Waals surface area contributed by atoms with Gasteiger partial charge in [-0.3, -0.25) is 9.59 Å². The van der Waals surface area contributed by atoms with Crippen LogP contribution in [0.5, 0.6) is 0 Å². The van der Waals surface area contributed by atoms with E-state index in [-0.39, 0.29) is 17.7 Å². The Bertz CT molecular complexity index is 375. The number of allylic oxidation sites excluding steroid dienone is 2. The summed E-state index contributed by atoms with van der Waals surface area (Å²) in [6, 6.07) is 0. The molecule has 1 fully saturated rings. The van der Waals surface area contributed by atoms with E-state index in [4.69, 9.17) is 0 Å². The molecule has 0 bridgehead atoms. The van der Waals surface area contributed by atoms with Crippen molar-refractivity contribution in [3.63, 3.8) is 0 Å². The third-order valence-corrected chi connectivity index (χ3v) is 3.66. The van der Waals surface area contributed by atoms with Crippen molar-refractivity contribution < 1.29 is 14.7 Å². The predicted octanol–water partition coefficient (Wildman–Crippen LogP) is 1.30. The fourth-order valence-corrected chi connectivity index (χ4v) is 2.81. The maximum absolute atomic E-state index is 12.2. The monoisotopic (exact) mass is 235 g/mol. The Labute approximate surface area is 101 Å². The van der Waals surface area contributed by atoms with Gasteiger partial charge in [-0.25, -0.2) is 0 Å². The van der Waals surface area contributed by atoms with Crippen LogP contribution in [0, 0.1) is 17.8 Å². The molecule has 2 rings (SSSR count). The van der Waals surface area contributed by atoms with Crippen LogP contribution in [0.1, 0.15) is 12.8 Å². The van der Waals surface area contributed by atoms with Crippen molar-refractivity contribution >= 4 is 11.9 Å². The van der Waals surface area contributed by atoms with Gasteiger partial charge >= 0.3 is 5.97 Å². The van der Waals surface area contributed by atoms with Gasteiger partial charge in [-0.2, -0.15) is 0 Å². The quantitative estimate of drug-likeness (QED) is 0.750. The maximum Gasteiger partial charge on any atom is 0.307 e. The summed E-state index contributed by atoms with van der Waals surface area (Å²) in [4.78, 5) is 25.2. The van der Waals surface area contributed by atoms with Gasteiger partial charge in [0.15, 0.2) is 0 Å². The van der Waals surface area contributed by atoms with E-state index in [1.165, 1.54) is 0 Å². The fraction of sp³-hybridized carbons (Fsp3) is 0.538. The smallest absolute Gasteiger partial charge is 0.307 e. The molecule has 4 nitrogen and oxygen atoms in total. The Balaban J connectivity index is 2.22. The number of piperidine rings is 1. The number of carbonyl (C=O) groups excluding carboxylic acids is 1. The Hall–Kier alpha value is -1.58. The van der Waals surface area contributed by atoms with Crippen LogP contribution in [0.2, 0.25) is 0 Å². The summed E-state index contributed by atoms with van der Waals surface area (Å²) in [5.41, 5.74) is 0. The van der Waals surface area contributed by atoms with Gasteiger partial charge in [-0.1, -0.05) is 18.2 Å². The van der Waals surface area contributed by atoms with E-state index in [2.05, 4.69) is 6.58 Å². The number of nitrogens with zero attached hydrogens (tertiary/aromatic N) is 1. The van der Waals surface area contributed by atoms with Crippen molar-refractivity contribution in [2.24, 2.45) is 17.8 Å². The molecule has 2 aliphatic rings. The number of hydrogen-bond acceptors (Lipinski definition) is 2. The molecule has 1 aliphatic heterocycles. The van der Waals surface area contributed by atoms with Crippen LogP contribution in [0.25, 0.3) is 0 Å². The number of carboxylic acid groups (broad SMARTS) is 1. The minimum Gasteiger partial charge on any atom is -0.481 e. The molecule has 0 aromatic carbocycles. The molecule has 0 aromatic rings. The maximum atomic E-state index is 12.2. The van der Waals surface area contributed by atoms with Crippen LogP contribution in [0.3, 0.4) is 0 Å². The zero-order chi connectivity index (χ0) is 12.4. The Morgan fingerprint density at radius 2 is 2.41 bits per heavy atom. The minimum atomic E-state index is -0.863. The van der Waals surface area contributed by atoms with Crippen molar-refractivity contribution in [2.45, 2.75) is 12.8 Å². The second-order valence-corrected chi connectivity index (χ2v) is 4.66. The van der Waals surface area contributed by atoms with Gasteiger partial charge in [0.1, 0.15) is 0 Å². The molecule has 1 N–H and O–H groups in total. The van der Waals surface area contributed by atoms with Gasteiger partial charge in [0.25, 0.3) is 0 Å². The molecule has 1 saturated heterocycles. The van der Waals surface area contributed by atoms with Crippen molar-refractivity contribution in [1.29, 1.82) is 0 Å². The third-order valence-electron chi connectivity index (χ3n) is 3.66. The van der Waals surface area contributed by atoms with Crippen LogP contribution in [-0.4, -0.2) is 35.0 Å². The van der Waals surface area contributed by atoms with Crippen molar-refractivity contribution in [3.05, 3.63) is 24.8 Å². The molecule has 1 heterocycles. The first-order chi connectivity index (χ1) is 8.15. The molecule has 0 spiro atoms. The van der Waals surface area contributed by atoms with E-state index in [0.717, 1.165) is 6.42 Å². The molecule has 92 valence electrons. The summed E-state index contributed by atoms with van der Waals surface area (Å²) >= 11 is 0. The highest BCUT2D eigenvalue weighted by Crippen LogP contribution is 2.37. The molecule has 4 heteroatoms. The van der Waals surface area contributed by atoms with E-state index in [1.54, 1.807) is 11.0 Å². The minimum absolute atomic E-state index is 0.0297. The average Bonchev–Trinajstić information content (AvgIpc) is 2.32. The molecule has 17 heavy (non-hydrogen) atoms. The van der Waals surface area contributed by atoms with E-state index >= 15 is 0 Å². The molecular formula is C13H17NO3. The zero-order valence-electron chi connectivity index (χ0n) is 9.71. The summed E-state index contributed by atoms with van der Waals surface area (Å²) in [7, 11) is 0. The zero-order valence-corrected chi connectivity index (χ0v) is 9.71. The number of carboxylic acids is 1. The first-order valence-electron chi connectivity index (χ1n) is 5.94. The first kappa shape index (κ1) is 11.9. The number of rotatable bonds is 3. The Morgan fingerprint density at radius 3 is 3.06 bits per heavy atom. The van der Waals surface area contributed by atoms with Gasteiger partial charge < -0.3 is 10.0 Å². The molecule has 0 radical (unpaired) electrons. The number of amides is 1. The SMILES string of the molecule is C=CCN1CC[C@@H]2C=CC[C@H](C(=O)O)[C@@H]2C1=O. The van der Waals surface area contributed by atoms with Gasteiger partial charge in [-0.15, -0.1) is 6.58 Å². The predicted molar refractivity (Wildman–Crippen MR) is 63.3 cm³/mol. The molecule has 1 amide bonds. The lowest BCUT2D eigenvalue weighted by molar-refractivity contribution is -0.154. The number of fused-ring (bicyclic) bond motifs is 1. The Kier molecular flexibility index (Phi) is 3.31. The van der Waals surface area contributed by atoms with Gasteiger partial charge in [0.05, 0.1) is 11.8 Å². The fourth-order valence-electron chi connectivity index (χ4n) is 2.81. The molecule has 0 saturated carbocycles. The number of likely N-dealkylation sites (tertiary alicyclic amines) is 1. The molecule has 0 aromatic heterocycles.